The summed E-state index contributed by atoms with van der Waals surface area (Å²) >= 11 is 0. The fourth-order valence-electron chi connectivity index (χ4n) is 5.94. The van der Waals surface area contributed by atoms with E-state index in [0.29, 0.717) is 50.3 Å². The number of halogens is 4. The zero-order valence-corrected chi connectivity index (χ0v) is 25.5. The number of hydrogen-bond donors (Lipinski definition) is 0. The van der Waals surface area contributed by atoms with Gasteiger partial charge in [0.05, 0.1) is 23.7 Å². The largest absolute Gasteiger partial charge is 0.573 e. The van der Waals surface area contributed by atoms with Crippen LogP contribution in [0.5, 0.6) is 17.2 Å². The number of sulfonamides is 1. The van der Waals surface area contributed by atoms with E-state index in [1.807, 2.05) is 26.0 Å². The molecule has 2 heterocycles. The smallest absolute Gasteiger partial charge is 0.493 e. The van der Waals surface area contributed by atoms with Crippen molar-refractivity contribution in [1.29, 1.82) is 0 Å². The molecule has 0 N–H and O–H groups in total. The lowest BCUT2D eigenvalue weighted by molar-refractivity contribution is -0.274. The Labute approximate surface area is 255 Å². The van der Waals surface area contributed by atoms with E-state index < -0.39 is 22.1 Å². The van der Waals surface area contributed by atoms with E-state index in [-0.39, 0.29) is 16.6 Å². The van der Waals surface area contributed by atoms with E-state index in [1.54, 1.807) is 12.1 Å². The van der Waals surface area contributed by atoms with Crippen LogP contribution in [-0.2, 0) is 16.6 Å². The van der Waals surface area contributed by atoms with Crippen LogP contribution in [0.3, 0.4) is 0 Å². The molecule has 0 bridgehead atoms. The SMILES string of the molecule is CCOc1cc(CN2CCC(C3CN(S(=O)(=O)c4ccc(OC(F)(F)F)cc4)C3)CC2)cc(OCC)c1-c1ccc(F)cc1. The quantitative estimate of drug-likeness (QED) is 0.218. The molecule has 2 aliphatic heterocycles. The van der Waals surface area contributed by atoms with Crippen LogP contribution in [-0.4, -0.2) is 63.4 Å². The van der Waals surface area contributed by atoms with E-state index in [1.165, 1.54) is 16.4 Å². The third-order valence-corrected chi connectivity index (χ3v) is 9.98. The van der Waals surface area contributed by atoms with Crippen molar-refractivity contribution in [3.05, 3.63) is 72.0 Å². The molecule has 0 aliphatic carbocycles. The van der Waals surface area contributed by atoms with Gasteiger partial charge in [0.25, 0.3) is 0 Å². The van der Waals surface area contributed by atoms with Gasteiger partial charge in [-0.3, -0.25) is 4.90 Å². The van der Waals surface area contributed by atoms with Crippen LogP contribution < -0.4 is 14.2 Å². The van der Waals surface area contributed by atoms with Gasteiger partial charge in [0.15, 0.2) is 0 Å². The molecular weight excluding hydrogens is 600 g/mol. The van der Waals surface area contributed by atoms with E-state index >= 15 is 0 Å². The van der Waals surface area contributed by atoms with Crippen molar-refractivity contribution in [3.8, 4) is 28.4 Å². The number of nitrogens with zero attached hydrogens (tertiary/aromatic N) is 2. The molecule has 2 saturated heterocycles. The molecule has 44 heavy (non-hydrogen) atoms. The zero-order valence-electron chi connectivity index (χ0n) is 24.6. The first-order valence-corrected chi connectivity index (χ1v) is 16.2. The van der Waals surface area contributed by atoms with E-state index in [9.17, 15) is 26.0 Å². The summed E-state index contributed by atoms with van der Waals surface area (Å²) in [5.41, 5.74) is 2.66. The third kappa shape index (κ3) is 7.47. The second-order valence-electron chi connectivity index (χ2n) is 11.1. The van der Waals surface area contributed by atoms with Crippen LogP contribution in [0, 0.1) is 17.7 Å². The molecule has 0 unspecified atom stereocenters. The lowest BCUT2D eigenvalue weighted by Crippen LogP contribution is -2.54. The van der Waals surface area contributed by atoms with Crippen molar-refractivity contribution in [2.75, 3.05) is 39.4 Å². The normalized spacial score (nSPS) is 17.3. The van der Waals surface area contributed by atoms with Crippen molar-refractivity contribution < 1.29 is 40.2 Å². The van der Waals surface area contributed by atoms with Gasteiger partial charge in [-0.05, 0) is 111 Å². The van der Waals surface area contributed by atoms with Crippen molar-refractivity contribution >= 4 is 10.0 Å². The highest BCUT2D eigenvalue weighted by atomic mass is 32.2. The fraction of sp³-hybridized carbons (Fsp3) is 0.438. The fourth-order valence-corrected chi connectivity index (χ4v) is 7.50. The lowest BCUT2D eigenvalue weighted by Gasteiger charge is -2.45. The molecule has 3 aromatic carbocycles. The maximum Gasteiger partial charge on any atom is 0.573 e. The second-order valence-corrected chi connectivity index (χ2v) is 13.0. The number of benzene rings is 3. The molecule has 0 atom stereocenters. The molecule has 2 fully saturated rings. The minimum atomic E-state index is -4.84. The predicted octanol–water partition coefficient (Wildman–Crippen LogP) is 6.72. The highest BCUT2D eigenvalue weighted by molar-refractivity contribution is 7.89. The maximum atomic E-state index is 13.6. The molecule has 0 spiro atoms. The standard InChI is InChI=1S/C32H36F4N2O5S/c1-3-41-29-17-22(18-30(42-4-2)31(29)24-5-7-26(33)8-6-24)19-37-15-13-23(14-16-37)25-20-38(21-25)44(39,40)28-11-9-27(10-12-28)43-32(34,35)36/h5-12,17-18,23,25H,3-4,13-16,19-21H2,1-2H3. The summed E-state index contributed by atoms with van der Waals surface area (Å²) in [6.07, 6.45) is -2.96. The third-order valence-electron chi connectivity index (χ3n) is 8.13. The minimum absolute atomic E-state index is 0.0522. The second kappa shape index (κ2) is 13.3. The molecule has 0 saturated carbocycles. The highest BCUT2D eigenvalue weighted by Crippen LogP contribution is 2.41. The molecule has 5 rings (SSSR count). The van der Waals surface area contributed by atoms with Gasteiger partial charge in [-0.15, -0.1) is 13.2 Å². The molecule has 7 nitrogen and oxygen atoms in total. The molecule has 3 aromatic rings. The van der Waals surface area contributed by atoms with Gasteiger partial charge >= 0.3 is 6.36 Å². The highest BCUT2D eigenvalue weighted by Gasteiger charge is 2.41. The maximum absolute atomic E-state index is 13.6. The van der Waals surface area contributed by atoms with Gasteiger partial charge in [-0.25, -0.2) is 12.8 Å². The Kier molecular flexibility index (Phi) is 9.71. The molecule has 0 aromatic heterocycles. The molecule has 238 valence electrons. The lowest BCUT2D eigenvalue weighted by atomic mass is 9.81. The number of likely N-dealkylation sites (tertiary alicyclic amines) is 1. The van der Waals surface area contributed by atoms with Gasteiger partial charge < -0.3 is 14.2 Å². The Hall–Kier alpha value is -3.35. The Morgan fingerprint density at radius 3 is 1.93 bits per heavy atom. The van der Waals surface area contributed by atoms with Crippen molar-refractivity contribution in [2.45, 2.75) is 44.5 Å². The summed E-state index contributed by atoms with van der Waals surface area (Å²) in [6, 6.07) is 14.6. The van der Waals surface area contributed by atoms with Crippen LogP contribution >= 0.6 is 0 Å². The topological polar surface area (TPSA) is 68.3 Å². The van der Waals surface area contributed by atoms with E-state index in [0.717, 1.165) is 66.9 Å². The summed E-state index contributed by atoms with van der Waals surface area (Å²) in [5, 5.41) is 0. The monoisotopic (exact) mass is 636 g/mol. The van der Waals surface area contributed by atoms with Crippen molar-refractivity contribution in [2.24, 2.45) is 11.8 Å². The van der Waals surface area contributed by atoms with E-state index in [2.05, 4.69) is 9.64 Å². The van der Waals surface area contributed by atoms with Gasteiger partial charge in [0.2, 0.25) is 10.0 Å². The first-order valence-electron chi connectivity index (χ1n) is 14.7. The van der Waals surface area contributed by atoms with Crippen LogP contribution in [0.25, 0.3) is 11.1 Å². The molecule has 2 aliphatic rings. The number of piperidine rings is 1. The first kappa shape index (κ1) is 32.1. The molecule has 0 radical (unpaired) electrons. The van der Waals surface area contributed by atoms with Gasteiger partial charge in [-0.1, -0.05) is 12.1 Å². The number of ether oxygens (including phenoxy) is 3. The Morgan fingerprint density at radius 2 is 1.41 bits per heavy atom. The minimum Gasteiger partial charge on any atom is -0.493 e. The van der Waals surface area contributed by atoms with Crippen LogP contribution in [0.15, 0.2) is 65.6 Å². The van der Waals surface area contributed by atoms with Crippen LogP contribution in [0.1, 0.15) is 32.3 Å². The summed E-state index contributed by atoms with van der Waals surface area (Å²) in [7, 11) is -3.79. The molecule has 0 amide bonds. The van der Waals surface area contributed by atoms with E-state index in [4.69, 9.17) is 9.47 Å². The Balaban J connectivity index is 1.18. The summed E-state index contributed by atoms with van der Waals surface area (Å²) in [4.78, 5) is 2.32. The van der Waals surface area contributed by atoms with Gasteiger partial charge in [0, 0.05) is 19.6 Å². The van der Waals surface area contributed by atoms with Crippen LogP contribution in [0.4, 0.5) is 17.6 Å². The summed E-state index contributed by atoms with van der Waals surface area (Å²) in [6.45, 7) is 8.01. The van der Waals surface area contributed by atoms with Crippen LogP contribution in [0.2, 0.25) is 0 Å². The number of alkyl halides is 3. The van der Waals surface area contributed by atoms with Gasteiger partial charge in [-0.2, -0.15) is 4.31 Å². The van der Waals surface area contributed by atoms with Crippen molar-refractivity contribution in [3.63, 3.8) is 0 Å². The Bertz CT molecular complexity index is 1490. The number of rotatable bonds is 11. The average Bonchev–Trinajstić information content (AvgIpc) is 2.94. The molecular formula is C32H36F4N2O5S. The van der Waals surface area contributed by atoms with Gasteiger partial charge in [0.1, 0.15) is 23.1 Å². The number of hydrogen-bond acceptors (Lipinski definition) is 6. The summed E-state index contributed by atoms with van der Waals surface area (Å²) < 4.78 is 94.1. The average molecular weight is 637 g/mol. The molecule has 12 heteroatoms. The summed E-state index contributed by atoms with van der Waals surface area (Å²) in [5.74, 6) is 1.23. The predicted molar refractivity (Wildman–Crippen MR) is 158 cm³/mol. The first-order chi connectivity index (χ1) is 21.0. The Morgan fingerprint density at radius 1 is 0.841 bits per heavy atom. The van der Waals surface area contributed by atoms with Crippen molar-refractivity contribution in [1.82, 2.24) is 9.21 Å². The zero-order chi connectivity index (χ0) is 31.5.